The summed E-state index contributed by atoms with van der Waals surface area (Å²) in [5, 5.41) is 0.736. The van der Waals surface area contributed by atoms with Crippen LogP contribution < -0.4 is 4.90 Å². The minimum Gasteiger partial charge on any atom is -0.466 e. The number of esters is 1. The zero-order chi connectivity index (χ0) is 24.8. The average molecular weight is 499 g/mol. The summed E-state index contributed by atoms with van der Waals surface area (Å²) >= 11 is 1.57. The summed E-state index contributed by atoms with van der Waals surface area (Å²) < 4.78 is 10.7. The molecule has 8 nitrogen and oxygen atoms in total. The number of anilines is 1. The Morgan fingerprint density at radius 3 is 2.74 bits per heavy atom. The Labute approximate surface area is 211 Å². The number of piperidine rings is 1. The highest BCUT2D eigenvalue weighted by molar-refractivity contribution is 7.98. The second-order valence-corrected chi connectivity index (χ2v) is 9.91. The summed E-state index contributed by atoms with van der Waals surface area (Å²) in [4.78, 5) is 38.9. The molecule has 2 saturated heterocycles. The maximum Gasteiger partial charge on any atom is 0.310 e. The Morgan fingerprint density at radius 1 is 1.17 bits per heavy atom. The number of rotatable bonds is 7. The van der Waals surface area contributed by atoms with Crippen LogP contribution >= 0.6 is 11.8 Å². The summed E-state index contributed by atoms with van der Waals surface area (Å²) in [6.07, 6.45) is 1.57. The molecule has 9 heteroatoms. The van der Waals surface area contributed by atoms with E-state index in [1.165, 1.54) is 0 Å². The quantitative estimate of drug-likeness (QED) is 0.325. The Kier molecular flexibility index (Phi) is 8.62. The number of thioether (sulfide) groups is 1. The predicted octanol–water partition coefficient (Wildman–Crippen LogP) is 3.64. The zero-order valence-electron chi connectivity index (χ0n) is 20.8. The first-order valence-corrected chi connectivity index (χ1v) is 13.3. The maximum atomic E-state index is 13.2. The van der Waals surface area contributed by atoms with Gasteiger partial charge in [0, 0.05) is 48.8 Å². The van der Waals surface area contributed by atoms with E-state index in [2.05, 4.69) is 16.8 Å². The van der Waals surface area contributed by atoms with Crippen LogP contribution in [0.3, 0.4) is 0 Å². The molecule has 0 aliphatic carbocycles. The molecule has 2 aliphatic heterocycles. The van der Waals surface area contributed by atoms with E-state index in [9.17, 15) is 9.59 Å². The van der Waals surface area contributed by atoms with Crippen molar-refractivity contribution < 1.29 is 19.1 Å². The number of ether oxygens (including phenoxy) is 2. The minimum absolute atomic E-state index is 0.0390. The third-order valence-corrected chi connectivity index (χ3v) is 7.44. The van der Waals surface area contributed by atoms with Gasteiger partial charge in [0.2, 0.25) is 0 Å². The summed E-state index contributed by atoms with van der Waals surface area (Å²) in [7, 11) is 0. The van der Waals surface area contributed by atoms with Crippen molar-refractivity contribution >= 4 is 29.5 Å². The number of aryl methyl sites for hydroxylation is 1. The molecule has 0 radical (unpaired) electrons. The van der Waals surface area contributed by atoms with Crippen LogP contribution in [0.4, 0.5) is 5.82 Å². The van der Waals surface area contributed by atoms with Gasteiger partial charge in [-0.2, -0.15) is 0 Å². The molecule has 0 N–H and O–H groups in total. The third-order valence-electron chi connectivity index (χ3n) is 6.52. The minimum atomic E-state index is -0.242. The van der Waals surface area contributed by atoms with E-state index in [0.717, 1.165) is 53.7 Å². The second kappa shape index (κ2) is 11.9. The van der Waals surface area contributed by atoms with Gasteiger partial charge in [-0.05, 0) is 51.3 Å². The van der Waals surface area contributed by atoms with Crippen molar-refractivity contribution in [3.8, 4) is 0 Å². The second-order valence-electron chi connectivity index (χ2n) is 8.97. The Balaban J connectivity index is 1.42. The monoisotopic (exact) mass is 498 g/mol. The molecule has 1 aromatic carbocycles. The van der Waals surface area contributed by atoms with E-state index >= 15 is 0 Å². The van der Waals surface area contributed by atoms with Gasteiger partial charge in [-0.25, -0.2) is 9.97 Å². The summed E-state index contributed by atoms with van der Waals surface area (Å²) in [6.45, 7) is 10.4. The van der Waals surface area contributed by atoms with E-state index in [4.69, 9.17) is 14.5 Å². The molecule has 188 valence electrons. The number of likely N-dealkylation sites (tertiary alicyclic amines) is 1. The first-order chi connectivity index (χ1) is 17.0. The normalized spacial score (nSPS) is 18.4. The number of morpholine rings is 1. The molecular formula is C26H34N4O4S. The van der Waals surface area contributed by atoms with Crippen molar-refractivity contribution in [1.29, 1.82) is 0 Å². The van der Waals surface area contributed by atoms with Crippen LogP contribution in [0.15, 0.2) is 29.4 Å². The molecule has 1 aromatic heterocycles. The van der Waals surface area contributed by atoms with E-state index in [-0.39, 0.29) is 17.8 Å². The number of benzene rings is 1. The summed E-state index contributed by atoms with van der Waals surface area (Å²) in [6, 6.07) is 7.71. The fourth-order valence-electron chi connectivity index (χ4n) is 4.47. The molecule has 4 rings (SSSR count). The molecule has 0 bridgehead atoms. The van der Waals surface area contributed by atoms with Gasteiger partial charge < -0.3 is 19.3 Å². The average Bonchev–Trinajstić information content (AvgIpc) is 2.89. The van der Waals surface area contributed by atoms with Crippen LogP contribution in [0.2, 0.25) is 0 Å². The van der Waals surface area contributed by atoms with Gasteiger partial charge in [-0.3, -0.25) is 9.59 Å². The molecule has 1 unspecified atom stereocenters. The molecule has 1 atom stereocenters. The highest BCUT2D eigenvalue weighted by atomic mass is 32.2. The van der Waals surface area contributed by atoms with Gasteiger partial charge in [0.05, 0.1) is 25.7 Å². The van der Waals surface area contributed by atoms with Gasteiger partial charge in [0.15, 0.2) is 5.16 Å². The fourth-order valence-corrected chi connectivity index (χ4v) is 5.30. The summed E-state index contributed by atoms with van der Waals surface area (Å²) in [5.74, 6) is 1.16. The Morgan fingerprint density at radius 2 is 1.97 bits per heavy atom. The van der Waals surface area contributed by atoms with E-state index in [0.29, 0.717) is 44.2 Å². The van der Waals surface area contributed by atoms with Gasteiger partial charge in [-0.15, -0.1) is 0 Å². The topological polar surface area (TPSA) is 84.9 Å². The van der Waals surface area contributed by atoms with Crippen molar-refractivity contribution in [2.45, 2.75) is 44.5 Å². The van der Waals surface area contributed by atoms with Crippen molar-refractivity contribution in [1.82, 2.24) is 14.9 Å². The van der Waals surface area contributed by atoms with Gasteiger partial charge >= 0.3 is 5.97 Å². The maximum absolute atomic E-state index is 13.2. The molecule has 35 heavy (non-hydrogen) atoms. The van der Waals surface area contributed by atoms with Crippen molar-refractivity contribution in [2.75, 3.05) is 50.9 Å². The third kappa shape index (κ3) is 6.32. The number of hydrogen-bond donors (Lipinski definition) is 0. The molecule has 2 aliphatic rings. The van der Waals surface area contributed by atoms with Gasteiger partial charge in [-0.1, -0.05) is 23.9 Å². The highest BCUT2D eigenvalue weighted by Crippen LogP contribution is 2.27. The lowest BCUT2D eigenvalue weighted by molar-refractivity contribution is -0.149. The number of amides is 1. The molecule has 0 saturated carbocycles. The Bertz CT molecular complexity index is 1060. The van der Waals surface area contributed by atoms with E-state index in [1.807, 2.05) is 31.2 Å². The zero-order valence-corrected chi connectivity index (χ0v) is 21.6. The first-order valence-electron chi connectivity index (χ1n) is 12.3. The molecule has 2 aromatic rings. The molecular weight excluding hydrogens is 464 g/mol. The van der Waals surface area contributed by atoms with Crippen molar-refractivity contribution in [2.24, 2.45) is 5.92 Å². The molecule has 1 amide bonds. The van der Waals surface area contributed by atoms with Gasteiger partial charge in [0.1, 0.15) is 5.82 Å². The standard InChI is InChI=1S/C26H34N4O4S/c1-4-34-25(32)22-9-6-10-30(16-22)24(31)21-8-5-7-20(15-21)17-35-26-27-19(3)18(2)23(28-26)29-11-13-33-14-12-29/h5,7-8,15,22H,4,6,9-14,16-17H2,1-3H3. The lowest BCUT2D eigenvalue weighted by Gasteiger charge is -2.31. The number of carbonyl (C=O) groups is 2. The SMILES string of the molecule is CCOC(=O)C1CCCN(C(=O)c2cccc(CSc3nc(C)c(C)c(N4CCOCC4)n3)c2)C1. The van der Waals surface area contributed by atoms with E-state index < -0.39 is 0 Å². The van der Waals surface area contributed by atoms with Crippen LogP contribution in [-0.4, -0.2) is 72.7 Å². The first kappa shape index (κ1) is 25.4. The van der Waals surface area contributed by atoms with E-state index in [1.54, 1.807) is 23.6 Å². The lowest BCUT2D eigenvalue weighted by atomic mass is 9.97. The number of nitrogens with zero attached hydrogens (tertiary/aromatic N) is 4. The fraction of sp³-hybridized carbons (Fsp3) is 0.538. The van der Waals surface area contributed by atoms with Crippen LogP contribution in [0.25, 0.3) is 0 Å². The van der Waals surface area contributed by atoms with Crippen LogP contribution in [0.1, 0.15) is 46.9 Å². The largest absolute Gasteiger partial charge is 0.466 e. The lowest BCUT2D eigenvalue weighted by Crippen LogP contribution is -2.42. The number of hydrogen-bond acceptors (Lipinski definition) is 8. The molecule has 3 heterocycles. The predicted molar refractivity (Wildman–Crippen MR) is 136 cm³/mol. The highest BCUT2D eigenvalue weighted by Gasteiger charge is 2.30. The summed E-state index contributed by atoms with van der Waals surface area (Å²) in [5.41, 5.74) is 3.76. The number of carbonyl (C=O) groups excluding carboxylic acids is 2. The van der Waals surface area contributed by atoms with Crippen molar-refractivity contribution in [3.63, 3.8) is 0 Å². The van der Waals surface area contributed by atoms with Crippen LogP contribution in [0.5, 0.6) is 0 Å². The van der Waals surface area contributed by atoms with Crippen LogP contribution in [0, 0.1) is 19.8 Å². The van der Waals surface area contributed by atoms with Gasteiger partial charge in [0.25, 0.3) is 5.91 Å². The molecule has 0 spiro atoms. The smallest absolute Gasteiger partial charge is 0.310 e. The molecule has 2 fully saturated rings. The van der Waals surface area contributed by atoms with Crippen molar-refractivity contribution in [3.05, 3.63) is 46.6 Å². The van der Waals surface area contributed by atoms with Crippen LogP contribution in [-0.2, 0) is 20.0 Å². The number of aromatic nitrogens is 2. The Hall–Kier alpha value is -2.65.